The average molecular weight is 264 g/mol. The molecule has 0 aliphatic rings. The molecule has 20 heavy (non-hydrogen) atoms. The van der Waals surface area contributed by atoms with Gasteiger partial charge in [0.1, 0.15) is 5.75 Å². The van der Waals surface area contributed by atoms with Gasteiger partial charge >= 0.3 is 0 Å². The van der Waals surface area contributed by atoms with Crippen LogP contribution in [0.25, 0.3) is 5.57 Å². The van der Waals surface area contributed by atoms with E-state index < -0.39 is 0 Å². The van der Waals surface area contributed by atoms with Crippen LogP contribution in [0.3, 0.4) is 0 Å². The molecule has 0 unspecified atom stereocenters. The van der Waals surface area contributed by atoms with Gasteiger partial charge in [-0.25, -0.2) is 0 Å². The Balaban J connectivity index is 2.29. The van der Waals surface area contributed by atoms with Crippen molar-refractivity contribution < 1.29 is 9.53 Å². The van der Waals surface area contributed by atoms with E-state index in [4.69, 9.17) is 4.74 Å². The second-order valence-electron chi connectivity index (χ2n) is 4.26. The number of methoxy groups -OCH3 is 1. The summed E-state index contributed by atoms with van der Waals surface area (Å²) in [7, 11) is 1.62. The molecule has 0 saturated heterocycles. The van der Waals surface area contributed by atoms with E-state index in [1.807, 2.05) is 42.5 Å². The zero-order valence-corrected chi connectivity index (χ0v) is 11.4. The fraction of sp³-hybridized carbons (Fsp3) is 0.0556. The second kappa shape index (κ2) is 6.53. The zero-order chi connectivity index (χ0) is 14.4. The third-order valence-corrected chi connectivity index (χ3v) is 2.99. The number of benzene rings is 2. The summed E-state index contributed by atoms with van der Waals surface area (Å²) in [4.78, 5) is 12.2. The molecule has 2 aromatic rings. The average Bonchev–Trinajstić information content (AvgIpc) is 2.53. The molecule has 0 aliphatic heterocycles. The molecule has 0 fully saturated rings. The molecule has 0 heterocycles. The van der Waals surface area contributed by atoms with E-state index in [-0.39, 0.29) is 5.78 Å². The first-order valence-electron chi connectivity index (χ1n) is 6.32. The topological polar surface area (TPSA) is 26.3 Å². The number of carbonyl (C=O) groups excluding carboxylic acids is 1. The number of hydrogen-bond donors (Lipinski definition) is 0. The molecule has 0 saturated carbocycles. The van der Waals surface area contributed by atoms with Gasteiger partial charge in [0, 0.05) is 5.56 Å². The van der Waals surface area contributed by atoms with Crippen LogP contribution in [0.2, 0.25) is 0 Å². The van der Waals surface area contributed by atoms with Crippen LogP contribution in [-0.4, -0.2) is 12.9 Å². The van der Waals surface area contributed by atoms with Crippen LogP contribution in [0.15, 0.2) is 73.3 Å². The molecule has 0 atom stereocenters. The van der Waals surface area contributed by atoms with Crippen LogP contribution in [0.1, 0.15) is 15.9 Å². The number of carbonyl (C=O) groups is 1. The van der Waals surface area contributed by atoms with Crippen molar-refractivity contribution >= 4 is 11.4 Å². The molecule has 2 rings (SSSR count). The van der Waals surface area contributed by atoms with E-state index in [0.717, 1.165) is 16.9 Å². The second-order valence-corrected chi connectivity index (χ2v) is 4.26. The van der Waals surface area contributed by atoms with Crippen LogP contribution in [0.5, 0.6) is 5.75 Å². The number of hydrogen-bond acceptors (Lipinski definition) is 2. The Morgan fingerprint density at radius 3 is 2.20 bits per heavy atom. The predicted octanol–water partition coefficient (Wildman–Crippen LogP) is 4.15. The lowest BCUT2D eigenvalue weighted by molar-refractivity contribution is 0.104. The molecule has 0 bridgehead atoms. The lowest BCUT2D eigenvalue weighted by Gasteiger charge is -2.04. The highest BCUT2D eigenvalue weighted by Gasteiger charge is 2.04. The maximum atomic E-state index is 12.2. The van der Waals surface area contributed by atoms with E-state index in [1.54, 1.807) is 31.4 Å². The molecule has 2 nitrogen and oxygen atoms in total. The molecule has 0 spiro atoms. The van der Waals surface area contributed by atoms with Gasteiger partial charge in [-0.2, -0.15) is 0 Å². The first-order chi connectivity index (χ1) is 9.74. The number of allylic oxidation sites excluding steroid dienone is 3. The first-order valence-corrected chi connectivity index (χ1v) is 6.32. The maximum absolute atomic E-state index is 12.2. The highest BCUT2D eigenvalue weighted by Crippen LogP contribution is 2.20. The Kier molecular flexibility index (Phi) is 4.51. The maximum Gasteiger partial charge on any atom is 0.186 e. The summed E-state index contributed by atoms with van der Waals surface area (Å²) >= 11 is 0. The van der Waals surface area contributed by atoms with Crippen LogP contribution < -0.4 is 4.74 Å². The smallest absolute Gasteiger partial charge is 0.186 e. The Hall–Kier alpha value is -2.61. The van der Waals surface area contributed by atoms with Crippen LogP contribution >= 0.6 is 0 Å². The fourth-order valence-corrected chi connectivity index (χ4v) is 1.87. The van der Waals surface area contributed by atoms with E-state index in [0.29, 0.717) is 5.56 Å². The van der Waals surface area contributed by atoms with Gasteiger partial charge in [-0.1, -0.05) is 55.1 Å². The summed E-state index contributed by atoms with van der Waals surface area (Å²) in [5.74, 6) is 0.753. The van der Waals surface area contributed by atoms with Crippen molar-refractivity contribution in [2.45, 2.75) is 0 Å². The number of ketones is 1. The van der Waals surface area contributed by atoms with Crippen LogP contribution in [0, 0.1) is 0 Å². The monoisotopic (exact) mass is 264 g/mol. The Bertz CT molecular complexity index is 622. The molecule has 2 heteroatoms. The zero-order valence-electron chi connectivity index (χ0n) is 11.4. The predicted molar refractivity (Wildman–Crippen MR) is 81.9 cm³/mol. The molecule has 0 amide bonds. The summed E-state index contributed by atoms with van der Waals surface area (Å²) in [5.41, 5.74) is 2.40. The third-order valence-electron chi connectivity index (χ3n) is 2.99. The molecule has 0 aromatic heterocycles. The van der Waals surface area contributed by atoms with Crippen molar-refractivity contribution in [2.75, 3.05) is 7.11 Å². The fourth-order valence-electron chi connectivity index (χ4n) is 1.87. The van der Waals surface area contributed by atoms with Gasteiger partial charge in [0.2, 0.25) is 0 Å². The molecule has 100 valence electrons. The third kappa shape index (κ3) is 3.23. The van der Waals surface area contributed by atoms with E-state index in [9.17, 15) is 4.79 Å². The number of ether oxygens (including phenoxy) is 1. The van der Waals surface area contributed by atoms with Crippen molar-refractivity contribution in [3.05, 3.63) is 84.5 Å². The minimum Gasteiger partial charge on any atom is -0.497 e. The van der Waals surface area contributed by atoms with Crippen LogP contribution in [0.4, 0.5) is 0 Å². The van der Waals surface area contributed by atoms with Gasteiger partial charge in [-0.3, -0.25) is 4.79 Å². The summed E-state index contributed by atoms with van der Waals surface area (Å²) in [6, 6.07) is 16.7. The minimum absolute atomic E-state index is 0.0312. The normalized spacial score (nSPS) is 10.9. The van der Waals surface area contributed by atoms with Gasteiger partial charge < -0.3 is 4.74 Å². The number of rotatable bonds is 5. The first kappa shape index (κ1) is 13.8. The minimum atomic E-state index is -0.0312. The molecule has 2 aromatic carbocycles. The lowest BCUT2D eigenvalue weighted by Crippen LogP contribution is -1.95. The summed E-state index contributed by atoms with van der Waals surface area (Å²) in [6.45, 7) is 3.77. The Morgan fingerprint density at radius 1 is 1.00 bits per heavy atom. The van der Waals surface area contributed by atoms with Crippen molar-refractivity contribution in [1.82, 2.24) is 0 Å². The van der Waals surface area contributed by atoms with Crippen molar-refractivity contribution in [1.29, 1.82) is 0 Å². The van der Waals surface area contributed by atoms with Gasteiger partial charge in [-0.05, 0) is 29.3 Å². The Morgan fingerprint density at radius 2 is 1.65 bits per heavy atom. The molecular weight excluding hydrogens is 248 g/mol. The van der Waals surface area contributed by atoms with Crippen molar-refractivity contribution in [3.63, 3.8) is 0 Å². The molecular formula is C18H16O2. The molecule has 0 aliphatic carbocycles. The summed E-state index contributed by atoms with van der Waals surface area (Å²) < 4.78 is 5.12. The van der Waals surface area contributed by atoms with E-state index in [2.05, 4.69) is 6.58 Å². The van der Waals surface area contributed by atoms with Gasteiger partial charge in [0.25, 0.3) is 0 Å². The lowest BCUT2D eigenvalue weighted by atomic mass is 10.0. The highest BCUT2D eigenvalue weighted by molar-refractivity contribution is 6.09. The molecule has 0 N–H and O–H groups in total. The van der Waals surface area contributed by atoms with E-state index in [1.165, 1.54) is 0 Å². The van der Waals surface area contributed by atoms with Gasteiger partial charge in [0.15, 0.2) is 5.78 Å². The largest absolute Gasteiger partial charge is 0.497 e. The quantitative estimate of drug-likeness (QED) is 0.461. The summed E-state index contributed by atoms with van der Waals surface area (Å²) in [6.07, 6.45) is 3.28. The van der Waals surface area contributed by atoms with Crippen LogP contribution in [-0.2, 0) is 0 Å². The standard InChI is InChI=1S/C18H16O2/c1-3-14(15-9-11-17(20-2)12-10-15)13-18(19)16-7-5-4-6-8-16/h3-13H,1H2,2H3. The highest BCUT2D eigenvalue weighted by atomic mass is 16.5. The SMILES string of the molecule is C=CC(=CC(=O)c1ccccc1)c1ccc(OC)cc1. The van der Waals surface area contributed by atoms with Gasteiger partial charge in [-0.15, -0.1) is 0 Å². The van der Waals surface area contributed by atoms with Crippen molar-refractivity contribution in [2.24, 2.45) is 0 Å². The summed E-state index contributed by atoms with van der Waals surface area (Å²) in [5, 5.41) is 0. The Labute approximate surface area is 119 Å². The van der Waals surface area contributed by atoms with Gasteiger partial charge in [0.05, 0.1) is 7.11 Å². The van der Waals surface area contributed by atoms with E-state index >= 15 is 0 Å². The van der Waals surface area contributed by atoms with Crippen molar-refractivity contribution in [3.8, 4) is 5.75 Å². The molecule has 0 radical (unpaired) electrons.